The van der Waals surface area contributed by atoms with Gasteiger partial charge >= 0.3 is 0 Å². The summed E-state index contributed by atoms with van der Waals surface area (Å²) in [5.41, 5.74) is 1.15. The molecule has 0 saturated carbocycles. The topological polar surface area (TPSA) is 122 Å². The maximum Gasteiger partial charge on any atom is 0.254 e. The lowest BCUT2D eigenvalue weighted by Crippen LogP contribution is -2.30. The smallest absolute Gasteiger partial charge is 0.254 e. The van der Waals surface area contributed by atoms with E-state index in [0.29, 0.717) is 22.6 Å². The van der Waals surface area contributed by atoms with Crippen LogP contribution in [0.2, 0.25) is 0 Å². The van der Waals surface area contributed by atoms with E-state index in [9.17, 15) is 18.0 Å². The molecule has 0 radical (unpaired) electrons. The van der Waals surface area contributed by atoms with E-state index in [4.69, 9.17) is 0 Å². The van der Waals surface area contributed by atoms with Crippen LogP contribution in [0.5, 0.6) is 0 Å². The summed E-state index contributed by atoms with van der Waals surface area (Å²) >= 11 is 0. The number of amides is 1. The van der Waals surface area contributed by atoms with Crippen molar-refractivity contribution in [2.24, 2.45) is 0 Å². The average Bonchev–Trinajstić information content (AvgIpc) is 2.45. The zero-order valence-corrected chi connectivity index (χ0v) is 13.5. The molecule has 122 valence electrons. The highest BCUT2D eigenvalue weighted by atomic mass is 32.2. The number of aromatic nitrogens is 3. The first-order chi connectivity index (χ1) is 10.8. The number of hydrogen-bond acceptors (Lipinski definition) is 6. The molecule has 0 fully saturated rings. The number of nitrogens with one attached hydrogen (secondary N) is 2. The van der Waals surface area contributed by atoms with E-state index >= 15 is 0 Å². The third-order valence-corrected chi connectivity index (χ3v) is 3.66. The molecule has 0 aliphatic rings. The van der Waals surface area contributed by atoms with Crippen LogP contribution in [0.3, 0.4) is 0 Å². The Morgan fingerprint density at radius 1 is 1.39 bits per heavy atom. The van der Waals surface area contributed by atoms with Gasteiger partial charge in [-0.1, -0.05) is 0 Å². The first-order valence-corrected chi connectivity index (χ1v) is 8.66. The van der Waals surface area contributed by atoms with Gasteiger partial charge in [-0.3, -0.25) is 19.3 Å². The molecule has 23 heavy (non-hydrogen) atoms. The van der Waals surface area contributed by atoms with E-state index in [1.807, 2.05) is 4.72 Å². The summed E-state index contributed by atoms with van der Waals surface area (Å²) < 4.78 is 23.8. The van der Waals surface area contributed by atoms with Crippen LogP contribution in [0, 0.1) is 6.92 Å². The Hall–Kier alpha value is -2.55. The summed E-state index contributed by atoms with van der Waals surface area (Å²) in [4.78, 5) is 34.6. The molecule has 8 nitrogen and oxygen atoms in total. The molecule has 2 heterocycles. The number of pyridine rings is 1. The Morgan fingerprint density at radius 2 is 2.13 bits per heavy atom. The van der Waals surface area contributed by atoms with Gasteiger partial charge in [0.15, 0.2) is 0 Å². The van der Waals surface area contributed by atoms with Crippen LogP contribution in [-0.2, 0) is 21.2 Å². The van der Waals surface area contributed by atoms with E-state index in [-0.39, 0.29) is 18.4 Å². The van der Waals surface area contributed by atoms with Gasteiger partial charge in [0.2, 0.25) is 15.9 Å². The minimum atomic E-state index is -3.60. The number of H-pyrrole nitrogens is 1. The molecule has 2 aromatic rings. The lowest BCUT2D eigenvalue weighted by atomic mass is 10.1. The van der Waals surface area contributed by atoms with Crippen LogP contribution in [-0.4, -0.2) is 35.5 Å². The quantitative estimate of drug-likeness (QED) is 0.801. The van der Waals surface area contributed by atoms with E-state index in [2.05, 4.69) is 15.0 Å². The van der Waals surface area contributed by atoms with Crippen molar-refractivity contribution in [1.82, 2.24) is 19.7 Å². The summed E-state index contributed by atoms with van der Waals surface area (Å²) in [6.45, 7) is 1.67. The van der Waals surface area contributed by atoms with Gasteiger partial charge in [-0.2, -0.15) is 0 Å². The zero-order valence-electron chi connectivity index (χ0n) is 12.7. The first kappa shape index (κ1) is 16.8. The van der Waals surface area contributed by atoms with Crippen molar-refractivity contribution in [3.8, 4) is 11.4 Å². The van der Waals surface area contributed by atoms with Gasteiger partial charge in [-0.05, 0) is 25.5 Å². The van der Waals surface area contributed by atoms with Crippen LogP contribution in [0.25, 0.3) is 11.4 Å². The fraction of sp³-hybridized carbons (Fsp3) is 0.286. The third kappa shape index (κ3) is 4.71. The minimum absolute atomic E-state index is 0.100. The van der Waals surface area contributed by atoms with Crippen molar-refractivity contribution in [3.05, 3.63) is 46.1 Å². The lowest BCUT2D eigenvalue weighted by Gasteiger charge is -2.07. The molecule has 0 aromatic carbocycles. The molecular weight excluding hydrogens is 320 g/mol. The first-order valence-electron chi connectivity index (χ1n) is 6.77. The monoisotopic (exact) mass is 336 g/mol. The number of sulfonamides is 1. The van der Waals surface area contributed by atoms with Gasteiger partial charge in [0.25, 0.3) is 5.56 Å². The molecule has 0 atom stereocenters. The van der Waals surface area contributed by atoms with Crippen LogP contribution in [0.1, 0.15) is 17.7 Å². The molecule has 0 aliphatic carbocycles. The Kier molecular flexibility index (Phi) is 4.89. The summed E-state index contributed by atoms with van der Waals surface area (Å²) in [5, 5.41) is 0. The molecule has 0 unspecified atom stereocenters. The molecule has 2 aromatic heterocycles. The van der Waals surface area contributed by atoms with Gasteiger partial charge in [0.1, 0.15) is 5.82 Å². The number of carbonyl (C=O) groups is 1. The summed E-state index contributed by atoms with van der Waals surface area (Å²) in [6, 6.07) is 3.50. The number of aryl methyl sites for hydroxylation is 1. The average molecular weight is 336 g/mol. The highest BCUT2D eigenvalue weighted by Gasteiger charge is 2.13. The van der Waals surface area contributed by atoms with E-state index in [1.165, 1.54) is 0 Å². The molecule has 9 heteroatoms. The lowest BCUT2D eigenvalue weighted by molar-refractivity contribution is -0.119. The zero-order chi connectivity index (χ0) is 17.0. The second-order valence-electron chi connectivity index (χ2n) is 5.02. The minimum Gasteiger partial charge on any atom is -0.306 e. The standard InChI is InChI=1S/C14H16N4O4S/c1-9-11(5-6-12(19)18-23(2,21)22)14(20)17-13(16-9)10-4-3-7-15-8-10/h3-4,7-8H,5-6H2,1-2H3,(H,18,19)(H,16,17,20). The fourth-order valence-electron chi connectivity index (χ4n) is 2.04. The summed E-state index contributed by atoms with van der Waals surface area (Å²) in [5.74, 6) is -0.271. The number of hydrogen-bond donors (Lipinski definition) is 2. The van der Waals surface area contributed by atoms with Crippen molar-refractivity contribution < 1.29 is 13.2 Å². The molecule has 1 amide bonds. The van der Waals surface area contributed by atoms with E-state index in [1.54, 1.807) is 31.5 Å². The molecule has 0 saturated heterocycles. The molecule has 0 aliphatic heterocycles. The van der Waals surface area contributed by atoms with Crippen molar-refractivity contribution in [2.75, 3.05) is 6.26 Å². The van der Waals surface area contributed by atoms with Crippen LogP contribution < -0.4 is 10.3 Å². The van der Waals surface area contributed by atoms with Crippen molar-refractivity contribution in [1.29, 1.82) is 0 Å². The van der Waals surface area contributed by atoms with Gasteiger partial charge in [-0.25, -0.2) is 13.4 Å². The van der Waals surface area contributed by atoms with Crippen LogP contribution in [0.15, 0.2) is 29.3 Å². The predicted molar refractivity (Wildman–Crippen MR) is 84.1 cm³/mol. The Labute approximate surface area is 133 Å². The number of aromatic amines is 1. The molecule has 2 rings (SSSR count). The predicted octanol–water partition coefficient (Wildman–Crippen LogP) is 0.149. The molecule has 0 spiro atoms. The van der Waals surface area contributed by atoms with Gasteiger partial charge in [0, 0.05) is 35.6 Å². The number of nitrogens with zero attached hydrogens (tertiary/aromatic N) is 2. The molecular formula is C14H16N4O4S. The van der Waals surface area contributed by atoms with Crippen molar-refractivity contribution in [3.63, 3.8) is 0 Å². The number of rotatable bonds is 5. The van der Waals surface area contributed by atoms with Crippen molar-refractivity contribution >= 4 is 15.9 Å². The van der Waals surface area contributed by atoms with Crippen LogP contribution in [0.4, 0.5) is 0 Å². The van der Waals surface area contributed by atoms with Gasteiger partial charge in [-0.15, -0.1) is 0 Å². The van der Waals surface area contributed by atoms with Crippen LogP contribution >= 0.6 is 0 Å². The maximum absolute atomic E-state index is 12.2. The highest BCUT2D eigenvalue weighted by molar-refractivity contribution is 7.89. The fourth-order valence-corrected chi connectivity index (χ4v) is 2.56. The van der Waals surface area contributed by atoms with Gasteiger partial charge in [0.05, 0.1) is 6.26 Å². The molecule has 2 N–H and O–H groups in total. The summed E-state index contributed by atoms with van der Waals surface area (Å²) in [7, 11) is -3.60. The Balaban J connectivity index is 2.19. The van der Waals surface area contributed by atoms with E-state index in [0.717, 1.165) is 6.26 Å². The van der Waals surface area contributed by atoms with Gasteiger partial charge < -0.3 is 4.98 Å². The second kappa shape index (κ2) is 6.69. The van der Waals surface area contributed by atoms with Crippen molar-refractivity contribution in [2.45, 2.75) is 19.8 Å². The largest absolute Gasteiger partial charge is 0.306 e. The molecule has 0 bridgehead atoms. The normalized spacial score (nSPS) is 11.2. The Morgan fingerprint density at radius 3 is 2.70 bits per heavy atom. The number of carbonyl (C=O) groups excluding carboxylic acids is 1. The maximum atomic E-state index is 12.2. The van der Waals surface area contributed by atoms with E-state index < -0.39 is 15.9 Å². The second-order valence-corrected chi connectivity index (χ2v) is 6.77. The SMILES string of the molecule is Cc1nc(-c2cccnc2)[nH]c(=O)c1CCC(=O)NS(C)(=O)=O. The summed E-state index contributed by atoms with van der Waals surface area (Å²) in [6.07, 6.45) is 4.07. The highest BCUT2D eigenvalue weighted by Crippen LogP contribution is 2.13. The Bertz CT molecular complexity index is 875. The third-order valence-electron chi connectivity index (χ3n) is 3.06.